The van der Waals surface area contributed by atoms with Crippen molar-refractivity contribution < 1.29 is 4.79 Å². The van der Waals surface area contributed by atoms with E-state index >= 15 is 0 Å². The maximum Gasteiger partial charge on any atom is 0.271 e. The van der Waals surface area contributed by atoms with Gasteiger partial charge in [-0.1, -0.05) is 19.1 Å². The van der Waals surface area contributed by atoms with E-state index < -0.39 is 0 Å². The molecule has 0 aliphatic carbocycles. The van der Waals surface area contributed by atoms with Crippen molar-refractivity contribution in [1.82, 2.24) is 15.3 Å². The van der Waals surface area contributed by atoms with Gasteiger partial charge in [0.05, 0.1) is 12.4 Å². The summed E-state index contributed by atoms with van der Waals surface area (Å²) in [6.45, 7) is 4.67. The van der Waals surface area contributed by atoms with Crippen molar-refractivity contribution in [2.24, 2.45) is 0 Å². The Morgan fingerprint density at radius 1 is 1.25 bits per heavy atom. The summed E-state index contributed by atoms with van der Waals surface area (Å²) in [6, 6.07) is 7.97. The highest BCUT2D eigenvalue weighted by molar-refractivity contribution is 5.92. The molecule has 1 heterocycles. The molecule has 104 valence electrons. The molecule has 5 nitrogen and oxygen atoms in total. The third-order valence-corrected chi connectivity index (χ3v) is 2.71. The van der Waals surface area contributed by atoms with E-state index in [0.717, 1.165) is 12.1 Å². The van der Waals surface area contributed by atoms with Crippen LogP contribution in [0.5, 0.6) is 0 Å². The molecule has 0 aliphatic rings. The molecule has 0 aliphatic heterocycles. The van der Waals surface area contributed by atoms with Gasteiger partial charge in [-0.05, 0) is 31.0 Å². The summed E-state index contributed by atoms with van der Waals surface area (Å²) < 4.78 is 0. The second-order valence-corrected chi connectivity index (χ2v) is 4.54. The fourth-order valence-corrected chi connectivity index (χ4v) is 1.71. The van der Waals surface area contributed by atoms with Crippen LogP contribution in [-0.4, -0.2) is 22.4 Å². The fraction of sp³-hybridized carbons (Fsp3) is 0.267. The first-order chi connectivity index (χ1) is 9.69. The van der Waals surface area contributed by atoms with E-state index in [9.17, 15) is 4.79 Å². The first-order valence-electron chi connectivity index (χ1n) is 6.63. The van der Waals surface area contributed by atoms with Crippen LogP contribution in [0.3, 0.4) is 0 Å². The largest absolute Gasteiger partial charge is 0.351 e. The van der Waals surface area contributed by atoms with E-state index in [-0.39, 0.29) is 5.91 Å². The molecule has 1 aromatic heterocycles. The lowest BCUT2D eigenvalue weighted by atomic mass is 10.2. The van der Waals surface area contributed by atoms with Crippen LogP contribution in [0.4, 0.5) is 11.5 Å². The van der Waals surface area contributed by atoms with E-state index in [1.807, 2.05) is 38.1 Å². The summed E-state index contributed by atoms with van der Waals surface area (Å²) >= 11 is 0. The molecule has 2 rings (SSSR count). The Morgan fingerprint density at radius 3 is 2.75 bits per heavy atom. The molecule has 0 atom stereocenters. The van der Waals surface area contributed by atoms with Gasteiger partial charge < -0.3 is 10.6 Å². The van der Waals surface area contributed by atoms with Crippen molar-refractivity contribution in [2.75, 3.05) is 11.9 Å². The molecule has 0 spiro atoms. The first kappa shape index (κ1) is 14.0. The number of hydrogen-bond acceptors (Lipinski definition) is 4. The quantitative estimate of drug-likeness (QED) is 0.876. The van der Waals surface area contributed by atoms with E-state index in [1.54, 1.807) is 6.20 Å². The number of nitrogens with one attached hydrogen (secondary N) is 2. The number of carbonyl (C=O) groups is 1. The van der Waals surface area contributed by atoms with Crippen molar-refractivity contribution in [3.8, 4) is 0 Å². The van der Waals surface area contributed by atoms with Crippen LogP contribution in [-0.2, 0) is 0 Å². The summed E-state index contributed by atoms with van der Waals surface area (Å²) in [5.41, 5.74) is 2.44. The minimum absolute atomic E-state index is 0.193. The molecule has 2 aromatic rings. The zero-order chi connectivity index (χ0) is 14.4. The maximum absolute atomic E-state index is 11.7. The minimum atomic E-state index is -0.193. The van der Waals surface area contributed by atoms with Gasteiger partial charge in [-0.15, -0.1) is 0 Å². The van der Waals surface area contributed by atoms with Crippen molar-refractivity contribution in [3.63, 3.8) is 0 Å². The highest BCUT2D eigenvalue weighted by Gasteiger charge is 2.06. The standard InChI is InChI=1S/C15H18N4O/c1-3-7-16-15(20)13-9-18-14(10-17-13)19-12-6-4-5-11(2)8-12/h4-6,8-10H,3,7H2,1-2H3,(H,16,20)(H,18,19). The summed E-state index contributed by atoms with van der Waals surface area (Å²) in [5.74, 6) is 0.420. The molecule has 5 heteroatoms. The smallest absolute Gasteiger partial charge is 0.271 e. The summed E-state index contributed by atoms with van der Waals surface area (Å²) in [5, 5.41) is 5.91. The predicted octanol–water partition coefficient (Wildman–Crippen LogP) is 2.67. The molecule has 1 aromatic carbocycles. The van der Waals surface area contributed by atoms with Gasteiger partial charge in [0, 0.05) is 12.2 Å². The van der Waals surface area contributed by atoms with Gasteiger partial charge in [-0.3, -0.25) is 4.79 Å². The lowest BCUT2D eigenvalue weighted by Gasteiger charge is -2.07. The maximum atomic E-state index is 11.7. The van der Waals surface area contributed by atoms with Crippen molar-refractivity contribution in [2.45, 2.75) is 20.3 Å². The monoisotopic (exact) mass is 270 g/mol. The predicted molar refractivity (Wildman–Crippen MR) is 79.1 cm³/mol. The van der Waals surface area contributed by atoms with Gasteiger partial charge in [0.25, 0.3) is 5.91 Å². The van der Waals surface area contributed by atoms with Crippen LogP contribution >= 0.6 is 0 Å². The molecule has 0 fully saturated rings. The zero-order valence-electron chi connectivity index (χ0n) is 11.7. The number of aromatic nitrogens is 2. The molecule has 0 radical (unpaired) electrons. The van der Waals surface area contributed by atoms with Crippen molar-refractivity contribution in [3.05, 3.63) is 47.9 Å². The first-order valence-corrected chi connectivity index (χ1v) is 6.63. The molecule has 0 unspecified atom stereocenters. The minimum Gasteiger partial charge on any atom is -0.351 e. The number of aryl methyl sites for hydroxylation is 1. The Bertz CT molecular complexity index is 581. The van der Waals surface area contributed by atoms with Crippen LogP contribution in [0.15, 0.2) is 36.7 Å². The molecule has 0 bridgehead atoms. The highest BCUT2D eigenvalue weighted by atomic mass is 16.1. The molecule has 1 amide bonds. The van der Waals surface area contributed by atoms with Crippen LogP contribution in [0.25, 0.3) is 0 Å². The average Bonchev–Trinajstić information content (AvgIpc) is 2.45. The molecule has 20 heavy (non-hydrogen) atoms. The van der Waals surface area contributed by atoms with Gasteiger partial charge in [-0.25, -0.2) is 9.97 Å². The number of benzene rings is 1. The Balaban J connectivity index is 2.03. The average molecular weight is 270 g/mol. The van der Waals surface area contributed by atoms with E-state index in [4.69, 9.17) is 0 Å². The van der Waals surface area contributed by atoms with Crippen LogP contribution in [0, 0.1) is 6.92 Å². The number of anilines is 2. The Morgan fingerprint density at radius 2 is 2.10 bits per heavy atom. The van der Waals surface area contributed by atoms with E-state index in [0.29, 0.717) is 18.1 Å². The second kappa shape index (κ2) is 6.65. The van der Waals surface area contributed by atoms with Crippen molar-refractivity contribution >= 4 is 17.4 Å². The van der Waals surface area contributed by atoms with Crippen molar-refractivity contribution in [1.29, 1.82) is 0 Å². The van der Waals surface area contributed by atoms with Gasteiger partial charge in [0.1, 0.15) is 11.5 Å². The van der Waals surface area contributed by atoms with Crippen LogP contribution < -0.4 is 10.6 Å². The lowest BCUT2D eigenvalue weighted by molar-refractivity contribution is 0.0948. The summed E-state index contributed by atoms with van der Waals surface area (Å²) in [6.07, 6.45) is 3.93. The van der Waals surface area contributed by atoms with Crippen LogP contribution in [0.1, 0.15) is 29.4 Å². The molecule has 2 N–H and O–H groups in total. The van der Waals surface area contributed by atoms with Gasteiger partial charge >= 0.3 is 0 Å². The normalized spacial score (nSPS) is 10.1. The number of carbonyl (C=O) groups excluding carboxylic acids is 1. The molecule has 0 saturated heterocycles. The van der Waals surface area contributed by atoms with E-state index in [2.05, 4.69) is 20.6 Å². The number of rotatable bonds is 5. The zero-order valence-corrected chi connectivity index (χ0v) is 11.7. The molecular weight excluding hydrogens is 252 g/mol. The third-order valence-electron chi connectivity index (χ3n) is 2.71. The lowest BCUT2D eigenvalue weighted by Crippen LogP contribution is -2.25. The SMILES string of the molecule is CCCNC(=O)c1cnc(Nc2cccc(C)c2)cn1. The number of amides is 1. The topological polar surface area (TPSA) is 66.9 Å². The van der Waals surface area contributed by atoms with Gasteiger partial charge in [0.15, 0.2) is 0 Å². The summed E-state index contributed by atoms with van der Waals surface area (Å²) in [4.78, 5) is 20.0. The van der Waals surface area contributed by atoms with Gasteiger partial charge in [0.2, 0.25) is 0 Å². The molecular formula is C15H18N4O. The Hall–Kier alpha value is -2.43. The highest BCUT2D eigenvalue weighted by Crippen LogP contribution is 2.14. The van der Waals surface area contributed by atoms with Gasteiger partial charge in [-0.2, -0.15) is 0 Å². The second-order valence-electron chi connectivity index (χ2n) is 4.54. The Kier molecular flexibility index (Phi) is 4.65. The molecule has 0 saturated carbocycles. The number of nitrogens with zero attached hydrogens (tertiary/aromatic N) is 2. The number of hydrogen-bond donors (Lipinski definition) is 2. The fourth-order valence-electron chi connectivity index (χ4n) is 1.71. The third kappa shape index (κ3) is 3.78. The van der Waals surface area contributed by atoms with E-state index in [1.165, 1.54) is 11.8 Å². The summed E-state index contributed by atoms with van der Waals surface area (Å²) in [7, 11) is 0. The Labute approximate surface area is 118 Å². The van der Waals surface area contributed by atoms with Crippen LogP contribution in [0.2, 0.25) is 0 Å².